The van der Waals surface area contributed by atoms with Crippen molar-refractivity contribution in [3.63, 3.8) is 0 Å². The minimum atomic E-state index is -5.47. The zero-order valence-corrected chi connectivity index (χ0v) is 8.89. The predicted octanol–water partition coefficient (Wildman–Crippen LogP) is 2.18. The van der Waals surface area contributed by atoms with Crippen LogP contribution in [0.25, 0.3) is 0 Å². The summed E-state index contributed by atoms with van der Waals surface area (Å²) < 4.78 is 59.0. The van der Waals surface area contributed by atoms with E-state index in [1.165, 1.54) is 6.07 Å². The van der Waals surface area contributed by atoms with Gasteiger partial charge in [-0.2, -0.15) is 13.2 Å². The van der Waals surface area contributed by atoms with Crippen molar-refractivity contribution >= 4 is 15.6 Å². The number of alkyl halides is 3. The van der Waals surface area contributed by atoms with E-state index in [-0.39, 0.29) is 0 Å². The minimum Gasteiger partial charge on any atom is -0.294 e. The maximum atomic E-state index is 12.3. The van der Waals surface area contributed by atoms with Gasteiger partial charge in [0, 0.05) is 5.56 Å². The molecule has 16 heavy (non-hydrogen) atoms. The second-order valence-corrected chi connectivity index (χ2v) is 4.91. The number of hydrogen-bond acceptors (Lipinski definition) is 3. The maximum Gasteiger partial charge on any atom is 0.501 e. The first-order valence-electron chi connectivity index (χ1n) is 4.09. The van der Waals surface area contributed by atoms with E-state index in [1.54, 1.807) is 0 Å². The van der Waals surface area contributed by atoms with Crippen LogP contribution in [0.2, 0.25) is 0 Å². The van der Waals surface area contributed by atoms with Gasteiger partial charge < -0.3 is 0 Å². The maximum absolute atomic E-state index is 12.3. The third-order valence-electron chi connectivity index (χ3n) is 1.86. The first-order chi connectivity index (χ1) is 7.18. The molecule has 0 saturated heterocycles. The molecule has 1 aromatic rings. The molecule has 0 aliphatic heterocycles. The Kier molecular flexibility index (Phi) is 3.09. The summed E-state index contributed by atoms with van der Waals surface area (Å²) in [4.78, 5) is 10.0. The zero-order chi connectivity index (χ0) is 12.6. The van der Waals surface area contributed by atoms with Gasteiger partial charge in [0.15, 0.2) is 5.78 Å². The Morgan fingerprint density at radius 1 is 1.19 bits per heavy atom. The quantitative estimate of drug-likeness (QED) is 0.758. The molecule has 1 rings (SSSR count). The molecule has 0 amide bonds. The average molecular weight is 252 g/mol. The van der Waals surface area contributed by atoms with Crippen molar-refractivity contribution in [2.45, 2.75) is 17.3 Å². The Balaban J connectivity index is 3.52. The Labute approximate surface area is 89.8 Å². The highest BCUT2D eigenvalue weighted by Crippen LogP contribution is 2.32. The van der Waals surface area contributed by atoms with Crippen molar-refractivity contribution in [1.82, 2.24) is 0 Å². The predicted molar refractivity (Wildman–Crippen MR) is 49.7 cm³/mol. The fraction of sp³-hybridized carbons (Fsp3) is 0.222. The molecule has 0 aliphatic rings. The molecule has 3 nitrogen and oxygen atoms in total. The second-order valence-electron chi connectivity index (χ2n) is 3.00. The number of hydrogen-bond donors (Lipinski definition) is 0. The first kappa shape index (κ1) is 12.7. The smallest absolute Gasteiger partial charge is 0.294 e. The fourth-order valence-corrected chi connectivity index (χ4v) is 2.12. The van der Waals surface area contributed by atoms with Gasteiger partial charge in [-0.1, -0.05) is 18.2 Å². The van der Waals surface area contributed by atoms with Crippen molar-refractivity contribution in [2.24, 2.45) is 0 Å². The lowest BCUT2D eigenvalue weighted by atomic mass is 10.1. The zero-order valence-electron chi connectivity index (χ0n) is 8.08. The highest BCUT2D eigenvalue weighted by atomic mass is 32.2. The third kappa shape index (κ3) is 2.08. The molecule has 0 saturated carbocycles. The summed E-state index contributed by atoms with van der Waals surface area (Å²) in [6.45, 7) is 1.00. The number of sulfone groups is 1. The van der Waals surface area contributed by atoms with E-state index in [9.17, 15) is 26.4 Å². The Bertz CT molecular complexity index is 517. The van der Waals surface area contributed by atoms with Crippen molar-refractivity contribution in [2.75, 3.05) is 0 Å². The molecule has 88 valence electrons. The molecule has 1 aromatic carbocycles. The second kappa shape index (κ2) is 3.89. The lowest BCUT2D eigenvalue weighted by Gasteiger charge is -2.10. The van der Waals surface area contributed by atoms with Gasteiger partial charge in [0.25, 0.3) is 9.84 Å². The van der Waals surface area contributed by atoms with Gasteiger partial charge in [-0.25, -0.2) is 8.42 Å². The van der Waals surface area contributed by atoms with Crippen molar-refractivity contribution < 1.29 is 26.4 Å². The molecular formula is C9H7F3O3S. The van der Waals surface area contributed by atoms with Crippen LogP contribution in [0.15, 0.2) is 29.2 Å². The van der Waals surface area contributed by atoms with Gasteiger partial charge in [-0.3, -0.25) is 4.79 Å². The summed E-state index contributed by atoms with van der Waals surface area (Å²) in [6, 6.07) is 4.23. The van der Waals surface area contributed by atoms with Crippen LogP contribution in [-0.2, 0) is 9.84 Å². The van der Waals surface area contributed by atoms with Crippen LogP contribution in [-0.4, -0.2) is 19.7 Å². The normalized spacial score (nSPS) is 12.5. The summed E-state index contributed by atoms with van der Waals surface area (Å²) in [5.41, 5.74) is -5.86. The van der Waals surface area contributed by atoms with Crippen LogP contribution in [0.3, 0.4) is 0 Å². The Morgan fingerprint density at radius 3 is 2.12 bits per heavy atom. The number of ketones is 1. The molecule has 0 N–H and O–H groups in total. The van der Waals surface area contributed by atoms with Crippen molar-refractivity contribution in [3.8, 4) is 0 Å². The standard InChI is InChI=1S/C9H7F3O3S/c1-6(13)7-4-2-3-5-8(7)16(14,15)9(10,11)12/h2-5H,1H3. The van der Waals surface area contributed by atoms with E-state index >= 15 is 0 Å². The molecule has 0 unspecified atom stereocenters. The van der Waals surface area contributed by atoms with E-state index in [0.29, 0.717) is 0 Å². The lowest BCUT2D eigenvalue weighted by Crippen LogP contribution is -2.24. The summed E-state index contributed by atoms with van der Waals surface area (Å²) in [6.07, 6.45) is 0. The van der Waals surface area contributed by atoms with Crippen LogP contribution >= 0.6 is 0 Å². The number of Topliss-reactive ketones (excluding diaryl/α,β-unsaturated/α-hetero) is 1. The third-order valence-corrected chi connectivity index (χ3v) is 3.41. The molecule has 0 spiro atoms. The average Bonchev–Trinajstić information content (AvgIpc) is 2.16. The number of carbonyl (C=O) groups excluding carboxylic acids is 1. The number of carbonyl (C=O) groups is 1. The molecule has 0 fully saturated rings. The van der Waals surface area contributed by atoms with Gasteiger partial charge in [-0.15, -0.1) is 0 Å². The first-order valence-corrected chi connectivity index (χ1v) is 5.57. The summed E-state index contributed by atoms with van der Waals surface area (Å²) in [5.74, 6) is -0.733. The van der Waals surface area contributed by atoms with Crippen LogP contribution in [0.4, 0.5) is 13.2 Å². The largest absolute Gasteiger partial charge is 0.501 e. The van der Waals surface area contributed by atoms with Gasteiger partial charge in [0.05, 0.1) is 4.90 Å². The van der Waals surface area contributed by atoms with Crippen molar-refractivity contribution in [3.05, 3.63) is 29.8 Å². The molecule has 0 atom stereocenters. The van der Waals surface area contributed by atoms with E-state index in [4.69, 9.17) is 0 Å². The van der Waals surface area contributed by atoms with Gasteiger partial charge in [0.2, 0.25) is 0 Å². The van der Waals surface area contributed by atoms with Crippen LogP contribution in [0.1, 0.15) is 17.3 Å². The molecule has 0 bridgehead atoms. The monoisotopic (exact) mass is 252 g/mol. The molecule has 0 radical (unpaired) electrons. The fourth-order valence-electron chi connectivity index (χ4n) is 1.12. The lowest BCUT2D eigenvalue weighted by molar-refractivity contribution is -0.0436. The summed E-state index contributed by atoms with van der Waals surface area (Å²) >= 11 is 0. The number of benzene rings is 1. The van der Waals surface area contributed by atoms with Crippen molar-refractivity contribution in [1.29, 1.82) is 0 Å². The molecule has 7 heteroatoms. The van der Waals surface area contributed by atoms with E-state index in [2.05, 4.69) is 0 Å². The van der Waals surface area contributed by atoms with E-state index in [0.717, 1.165) is 25.1 Å². The van der Waals surface area contributed by atoms with E-state index in [1.807, 2.05) is 0 Å². The van der Waals surface area contributed by atoms with Gasteiger partial charge >= 0.3 is 5.51 Å². The van der Waals surface area contributed by atoms with E-state index < -0.39 is 31.6 Å². The molecule has 0 aliphatic carbocycles. The minimum absolute atomic E-state index is 0.458. The number of rotatable bonds is 2. The number of halogens is 3. The highest BCUT2D eigenvalue weighted by Gasteiger charge is 2.48. The molecule has 0 heterocycles. The van der Waals surface area contributed by atoms with Gasteiger partial charge in [-0.05, 0) is 13.0 Å². The van der Waals surface area contributed by atoms with Crippen LogP contribution in [0, 0.1) is 0 Å². The Hall–Kier alpha value is -1.37. The summed E-state index contributed by atoms with van der Waals surface area (Å²) in [7, 11) is -5.47. The topological polar surface area (TPSA) is 51.2 Å². The van der Waals surface area contributed by atoms with Gasteiger partial charge in [0.1, 0.15) is 0 Å². The van der Waals surface area contributed by atoms with Crippen LogP contribution in [0.5, 0.6) is 0 Å². The SMILES string of the molecule is CC(=O)c1ccccc1S(=O)(=O)C(F)(F)F. The van der Waals surface area contributed by atoms with Crippen LogP contribution < -0.4 is 0 Å². The Morgan fingerprint density at radius 2 is 1.69 bits per heavy atom. The highest BCUT2D eigenvalue weighted by molar-refractivity contribution is 7.92. The molecular weight excluding hydrogens is 245 g/mol. The molecule has 0 aromatic heterocycles. The summed E-state index contributed by atoms with van der Waals surface area (Å²) in [5, 5.41) is 0.